The molecule has 0 amide bonds. The lowest BCUT2D eigenvalue weighted by Gasteiger charge is -2.11. The van der Waals surface area contributed by atoms with E-state index in [2.05, 4.69) is 5.32 Å². The normalized spacial score (nSPS) is 10.9. The number of ether oxygens (including phenoxy) is 1. The molecule has 0 fully saturated rings. The Bertz CT molecular complexity index is 1060. The zero-order valence-corrected chi connectivity index (χ0v) is 15.1. The number of methoxy groups -OCH3 is 1. The minimum atomic E-state index is -3.70. The molecule has 0 aliphatic rings. The fourth-order valence-electron chi connectivity index (χ4n) is 2.24. The Balaban J connectivity index is 2.74. The van der Waals surface area contributed by atoms with Gasteiger partial charge < -0.3 is 10.1 Å². The number of sulfone groups is 1. The Labute approximate surface area is 156 Å². The van der Waals surface area contributed by atoms with Crippen molar-refractivity contribution in [1.29, 1.82) is 0 Å². The number of nitrogens with one attached hydrogen (secondary N) is 1. The van der Waals surface area contributed by atoms with Crippen LogP contribution in [0.4, 0.5) is 28.4 Å². The van der Waals surface area contributed by atoms with Gasteiger partial charge in [0, 0.05) is 18.0 Å². The maximum absolute atomic E-state index is 11.8. The molecule has 0 radical (unpaired) electrons. The van der Waals surface area contributed by atoms with E-state index in [9.17, 15) is 38.8 Å². The fraction of sp³-hybridized carbons (Fsp3) is 0.143. The Morgan fingerprint density at radius 2 is 1.43 bits per heavy atom. The van der Waals surface area contributed by atoms with Gasteiger partial charge in [0.1, 0.15) is 5.75 Å². The number of nitro groups is 3. The van der Waals surface area contributed by atoms with E-state index in [-0.39, 0.29) is 16.3 Å². The second kappa shape index (κ2) is 7.43. The molecule has 28 heavy (non-hydrogen) atoms. The Morgan fingerprint density at radius 1 is 0.893 bits per heavy atom. The molecule has 0 aliphatic carbocycles. The van der Waals surface area contributed by atoms with Crippen molar-refractivity contribution in [2.45, 2.75) is 4.90 Å². The summed E-state index contributed by atoms with van der Waals surface area (Å²) in [6, 6.07) is 4.66. The summed E-state index contributed by atoms with van der Waals surface area (Å²) < 4.78 is 28.6. The van der Waals surface area contributed by atoms with Crippen LogP contribution in [0.5, 0.6) is 5.75 Å². The van der Waals surface area contributed by atoms with Crippen LogP contribution in [0.15, 0.2) is 35.2 Å². The summed E-state index contributed by atoms with van der Waals surface area (Å²) in [6.45, 7) is 0. The van der Waals surface area contributed by atoms with E-state index in [1.807, 2.05) is 0 Å². The van der Waals surface area contributed by atoms with Crippen LogP contribution in [0.1, 0.15) is 0 Å². The van der Waals surface area contributed by atoms with E-state index >= 15 is 0 Å². The van der Waals surface area contributed by atoms with Crippen molar-refractivity contribution >= 4 is 38.3 Å². The molecule has 0 aliphatic heterocycles. The third-order valence-corrected chi connectivity index (χ3v) is 4.59. The second-order valence-corrected chi connectivity index (χ2v) is 7.44. The molecule has 13 nitrogen and oxygen atoms in total. The van der Waals surface area contributed by atoms with Crippen molar-refractivity contribution in [3.63, 3.8) is 0 Å². The predicted molar refractivity (Wildman–Crippen MR) is 95.8 cm³/mol. The first kappa shape index (κ1) is 20.5. The summed E-state index contributed by atoms with van der Waals surface area (Å²) in [5, 5.41) is 35.9. The summed E-state index contributed by atoms with van der Waals surface area (Å²) >= 11 is 0. The van der Waals surface area contributed by atoms with Gasteiger partial charge in [0.2, 0.25) is 0 Å². The number of rotatable bonds is 7. The van der Waals surface area contributed by atoms with Gasteiger partial charge >= 0.3 is 11.4 Å². The maximum Gasteiger partial charge on any atom is 0.306 e. The molecule has 2 aromatic carbocycles. The van der Waals surface area contributed by atoms with E-state index in [0.717, 1.165) is 12.3 Å². The minimum absolute atomic E-state index is 0.0673. The molecule has 0 bridgehead atoms. The largest absolute Gasteiger partial charge is 0.497 e. The molecule has 148 valence electrons. The monoisotopic (exact) mass is 412 g/mol. The smallest absolute Gasteiger partial charge is 0.306 e. The number of anilines is 2. The lowest BCUT2D eigenvalue weighted by Crippen LogP contribution is -2.05. The molecule has 0 saturated heterocycles. The van der Waals surface area contributed by atoms with Crippen molar-refractivity contribution in [3.8, 4) is 5.75 Å². The molecule has 2 aromatic rings. The van der Waals surface area contributed by atoms with Crippen LogP contribution < -0.4 is 10.1 Å². The number of hydrogen-bond acceptors (Lipinski definition) is 10. The zero-order chi connectivity index (χ0) is 21.2. The van der Waals surface area contributed by atoms with Crippen LogP contribution in [0.25, 0.3) is 0 Å². The van der Waals surface area contributed by atoms with Crippen molar-refractivity contribution in [2.75, 3.05) is 18.7 Å². The summed E-state index contributed by atoms with van der Waals surface area (Å²) in [5.74, 6) is 0.0673. The number of benzene rings is 2. The predicted octanol–water partition coefficient (Wildman–Crippen LogP) is 2.57. The molecule has 2 rings (SSSR count). The SMILES string of the molecule is COc1cc(Nc2c([N+](=O)[O-])cc([N+](=O)[O-])cc2[N+](=O)[O-])cc(S(C)(=O)=O)c1. The van der Waals surface area contributed by atoms with E-state index in [1.54, 1.807) is 0 Å². The molecule has 0 spiro atoms. The van der Waals surface area contributed by atoms with Crippen LogP contribution >= 0.6 is 0 Å². The van der Waals surface area contributed by atoms with Crippen LogP contribution in [-0.2, 0) is 9.84 Å². The Kier molecular flexibility index (Phi) is 5.44. The molecule has 0 heterocycles. The molecule has 0 unspecified atom stereocenters. The van der Waals surface area contributed by atoms with Crippen LogP contribution in [0.3, 0.4) is 0 Å². The quantitative estimate of drug-likeness (QED) is 0.523. The summed E-state index contributed by atoms with van der Waals surface area (Å²) in [7, 11) is -2.45. The average Bonchev–Trinajstić information content (AvgIpc) is 2.59. The highest BCUT2D eigenvalue weighted by Crippen LogP contribution is 2.40. The van der Waals surface area contributed by atoms with Crippen LogP contribution in [0, 0.1) is 30.3 Å². The Hall–Kier alpha value is -3.81. The van der Waals surface area contributed by atoms with E-state index in [4.69, 9.17) is 4.74 Å². The van der Waals surface area contributed by atoms with Crippen LogP contribution in [0.2, 0.25) is 0 Å². The van der Waals surface area contributed by atoms with Gasteiger partial charge in [-0.15, -0.1) is 0 Å². The Morgan fingerprint density at radius 3 is 1.82 bits per heavy atom. The number of nitrogens with zero attached hydrogens (tertiary/aromatic N) is 3. The van der Waals surface area contributed by atoms with Crippen molar-refractivity contribution in [1.82, 2.24) is 0 Å². The molecular weight excluding hydrogens is 400 g/mol. The first-order chi connectivity index (χ1) is 12.9. The van der Waals surface area contributed by atoms with Gasteiger partial charge in [-0.2, -0.15) is 0 Å². The van der Waals surface area contributed by atoms with E-state index < -0.39 is 47.4 Å². The number of non-ortho nitro benzene ring substituents is 1. The first-order valence-electron chi connectivity index (χ1n) is 7.21. The van der Waals surface area contributed by atoms with Gasteiger partial charge in [0.15, 0.2) is 15.5 Å². The molecule has 0 aromatic heterocycles. The number of nitro benzene ring substituents is 3. The van der Waals surface area contributed by atoms with Crippen molar-refractivity contribution in [2.24, 2.45) is 0 Å². The summed E-state index contributed by atoms with van der Waals surface area (Å²) in [4.78, 5) is 30.3. The second-order valence-electron chi connectivity index (χ2n) is 5.42. The third-order valence-electron chi connectivity index (χ3n) is 3.50. The highest BCUT2D eigenvalue weighted by molar-refractivity contribution is 7.90. The third kappa shape index (κ3) is 4.29. The molecule has 14 heteroatoms. The molecular formula is C14H12N4O9S. The van der Waals surface area contributed by atoms with E-state index in [1.165, 1.54) is 19.2 Å². The van der Waals surface area contributed by atoms with Crippen molar-refractivity contribution < 1.29 is 27.9 Å². The fourth-order valence-corrected chi connectivity index (χ4v) is 2.91. The van der Waals surface area contributed by atoms with Gasteiger partial charge in [-0.1, -0.05) is 0 Å². The van der Waals surface area contributed by atoms with Gasteiger partial charge in [0.05, 0.1) is 38.9 Å². The average molecular weight is 412 g/mol. The first-order valence-corrected chi connectivity index (χ1v) is 9.10. The van der Waals surface area contributed by atoms with Crippen molar-refractivity contribution in [3.05, 3.63) is 60.7 Å². The van der Waals surface area contributed by atoms with Gasteiger partial charge in [-0.25, -0.2) is 8.42 Å². The maximum atomic E-state index is 11.8. The standard InChI is InChI=1S/C14H12N4O9S/c1-27-10-3-8(4-11(7-10)28(2,25)26)15-14-12(17(21)22)5-9(16(19)20)6-13(14)18(23)24/h3-7,15H,1-2H3. The highest BCUT2D eigenvalue weighted by atomic mass is 32.2. The molecule has 0 saturated carbocycles. The van der Waals surface area contributed by atoms with Gasteiger partial charge in [0.25, 0.3) is 5.69 Å². The number of hydrogen-bond donors (Lipinski definition) is 1. The molecule has 0 atom stereocenters. The topological polar surface area (TPSA) is 185 Å². The van der Waals surface area contributed by atoms with Gasteiger partial charge in [-0.3, -0.25) is 30.3 Å². The zero-order valence-electron chi connectivity index (χ0n) is 14.3. The summed E-state index contributed by atoms with van der Waals surface area (Å²) in [5.41, 5.74) is -3.41. The minimum Gasteiger partial charge on any atom is -0.497 e. The molecule has 1 N–H and O–H groups in total. The highest BCUT2D eigenvalue weighted by Gasteiger charge is 2.31. The lowest BCUT2D eigenvalue weighted by molar-refractivity contribution is -0.401. The van der Waals surface area contributed by atoms with Crippen LogP contribution in [-0.4, -0.2) is 36.6 Å². The van der Waals surface area contributed by atoms with Gasteiger partial charge in [-0.05, 0) is 12.1 Å². The summed E-state index contributed by atoms with van der Waals surface area (Å²) in [6.07, 6.45) is 0.919. The lowest BCUT2D eigenvalue weighted by atomic mass is 10.2. The van der Waals surface area contributed by atoms with E-state index in [0.29, 0.717) is 12.1 Å².